The highest BCUT2D eigenvalue weighted by Crippen LogP contribution is 2.40. The van der Waals surface area contributed by atoms with E-state index in [1.165, 1.54) is 42.0 Å². The molecule has 0 aliphatic heterocycles. The minimum absolute atomic E-state index is 0.396. The highest BCUT2D eigenvalue weighted by Gasteiger charge is 2.34. The molecule has 2 unspecified atom stereocenters. The van der Waals surface area contributed by atoms with Crippen molar-refractivity contribution in [2.24, 2.45) is 5.92 Å². The predicted molar refractivity (Wildman–Crippen MR) is 98.8 cm³/mol. The summed E-state index contributed by atoms with van der Waals surface area (Å²) in [6.45, 7) is 6.53. The molecule has 0 spiro atoms. The first kappa shape index (κ1) is 16.5. The molecule has 1 fully saturated rings. The Kier molecular flexibility index (Phi) is 4.77. The molecule has 1 aliphatic rings. The molecule has 0 aromatic heterocycles. The Balaban J connectivity index is 1.93. The van der Waals surface area contributed by atoms with Crippen LogP contribution in [0.3, 0.4) is 0 Å². The molecule has 1 aliphatic carbocycles. The minimum atomic E-state index is -0.704. The van der Waals surface area contributed by atoms with Crippen LogP contribution in [0.15, 0.2) is 36.4 Å². The molecule has 3 rings (SSSR count). The lowest BCUT2D eigenvalue weighted by Crippen LogP contribution is -2.33. The summed E-state index contributed by atoms with van der Waals surface area (Å²) in [4.78, 5) is 0. The van der Waals surface area contributed by atoms with Gasteiger partial charge >= 0.3 is 0 Å². The lowest BCUT2D eigenvalue weighted by atomic mass is 9.74. The Morgan fingerprint density at radius 1 is 1.04 bits per heavy atom. The van der Waals surface area contributed by atoms with E-state index in [2.05, 4.69) is 50.2 Å². The normalized spacial score (nSPS) is 20.3. The molecular weight excluding hydrogens is 280 g/mol. The van der Waals surface area contributed by atoms with Crippen molar-refractivity contribution >= 4 is 10.8 Å². The summed E-state index contributed by atoms with van der Waals surface area (Å²) < 4.78 is 0. The van der Waals surface area contributed by atoms with E-state index in [0.29, 0.717) is 11.8 Å². The molecule has 1 nitrogen and oxygen atoms in total. The van der Waals surface area contributed by atoms with Crippen molar-refractivity contribution in [3.8, 4) is 0 Å². The topological polar surface area (TPSA) is 20.2 Å². The second-order valence-corrected chi connectivity index (χ2v) is 7.61. The number of benzene rings is 2. The van der Waals surface area contributed by atoms with Gasteiger partial charge < -0.3 is 5.11 Å². The maximum absolute atomic E-state index is 11.2. The molecule has 2 atom stereocenters. The fourth-order valence-electron chi connectivity index (χ4n) is 4.02. The molecule has 2 aromatic rings. The largest absolute Gasteiger partial charge is 0.385 e. The van der Waals surface area contributed by atoms with Crippen LogP contribution in [0, 0.1) is 5.92 Å². The van der Waals surface area contributed by atoms with Gasteiger partial charge in [0, 0.05) is 0 Å². The van der Waals surface area contributed by atoms with E-state index < -0.39 is 5.60 Å². The van der Waals surface area contributed by atoms with Crippen molar-refractivity contribution in [3.63, 3.8) is 0 Å². The van der Waals surface area contributed by atoms with Crippen molar-refractivity contribution in [1.29, 1.82) is 0 Å². The number of aliphatic hydroxyl groups is 1. The van der Waals surface area contributed by atoms with Crippen LogP contribution in [0.4, 0.5) is 0 Å². The first-order chi connectivity index (χ1) is 11.0. The fourth-order valence-corrected chi connectivity index (χ4v) is 4.02. The maximum Gasteiger partial charge on any atom is 0.0896 e. The van der Waals surface area contributed by atoms with Crippen LogP contribution in [0.1, 0.15) is 76.3 Å². The Morgan fingerprint density at radius 3 is 2.39 bits per heavy atom. The summed E-state index contributed by atoms with van der Waals surface area (Å²) in [7, 11) is 0. The molecule has 2 aromatic carbocycles. The molecule has 0 radical (unpaired) electrons. The lowest BCUT2D eigenvalue weighted by molar-refractivity contribution is -0.0214. The number of hydrogen-bond donors (Lipinski definition) is 1. The maximum atomic E-state index is 11.2. The van der Waals surface area contributed by atoms with E-state index in [9.17, 15) is 5.11 Å². The minimum Gasteiger partial charge on any atom is -0.385 e. The van der Waals surface area contributed by atoms with Crippen LogP contribution in [0.5, 0.6) is 0 Å². The van der Waals surface area contributed by atoms with Crippen molar-refractivity contribution in [1.82, 2.24) is 0 Å². The second kappa shape index (κ2) is 6.65. The quantitative estimate of drug-likeness (QED) is 0.719. The Bertz CT molecular complexity index is 665. The first-order valence-corrected chi connectivity index (χ1v) is 9.29. The van der Waals surface area contributed by atoms with Crippen molar-refractivity contribution in [2.45, 2.75) is 70.8 Å². The van der Waals surface area contributed by atoms with Gasteiger partial charge in [0.25, 0.3) is 0 Å². The summed E-state index contributed by atoms with van der Waals surface area (Å²) in [6.07, 6.45) is 7.30. The summed E-state index contributed by atoms with van der Waals surface area (Å²) in [5.74, 6) is 0.998. The van der Waals surface area contributed by atoms with Gasteiger partial charge in [-0.2, -0.15) is 0 Å². The van der Waals surface area contributed by atoms with Crippen molar-refractivity contribution in [3.05, 3.63) is 47.5 Å². The molecular formula is C22H30O. The average Bonchev–Trinajstić information content (AvgIpc) is 2.60. The van der Waals surface area contributed by atoms with Gasteiger partial charge in [0.15, 0.2) is 0 Å². The van der Waals surface area contributed by atoms with Crippen LogP contribution in [-0.4, -0.2) is 5.11 Å². The zero-order chi connectivity index (χ0) is 16.4. The number of hydrogen-bond acceptors (Lipinski definition) is 1. The molecule has 0 saturated heterocycles. The predicted octanol–water partition coefficient (Wildman–Crippen LogP) is 6.14. The molecule has 0 bridgehead atoms. The van der Waals surface area contributed by atoms with Crippen molar-refractivity contribution < 1.29 is 5.11 Å². The molecule has 1 N–H and O–H groups in total. The third kappa shape index (κ3) is 3.30. The smallest absolute Gasteiger partial charge is 0.0896 e. The summed E-state index contributed by atoms with van der Waals surface area (Å²) in [5, 5.41) is 13.7. The molecule has 1 heteroatoms. The third-order valence-corrected chi connectivity index (χ3v) is 6.03. The van der Waals surface area contributed by atoms with Crippen LogP contribution >= 0.6 is 0 Å². The van der Waals surface area contributed by atoms with Crippen LogP contribution in [-0.2, 0) is 5.60 Å². The number of rotatable bonds is 4. The van der Waals surface area contributed by atoms with E-state index >= 15 is 0 Å². The fraction of sp³-hybridized carbons (Fsp3) is 0.545. The first-order valence-electron chi connectivity index (χ1n) is 9.29. The summed E-state index contributed by atoms with van der Waals surface area (Å²) >= 11 is 0. The van der Waals surface area contributed by atoms with Gasteiger partial charge in [-0.1, -0.05) is 63.4 Å². The highest BCUT2D eigenvalue weighted by atomic mass is 16.3. The Hall–Kier alpha value is -1.34. The molecule has 1 saturated carbocycles. The van der Waals surface area contributed by atoms with E-state index in [4.69, 9.17) is 0 Å². The van der Waals surface area contributed by atoms with Gasteiger partial charge in [-0.3, -0.25) is 0 Å². The van der Waals surface area contributed by atoms with Crippen molar-refractivity contribution in [2.75, 3.05) is 0 Å². The monoisotopic (exact) mass is 310 g/mol. The zero-order valence-electron chi connectivity index (χ0n) is 14.8. The van der Waals surface area contributed by atoms with E-state index in [0.717, 1.165) is 18.4 Å². The van der Waals surface area contributed by atoms with Crippen LogP contribution in [0.2, 0.25) is 0 Å². The van der Waals surface area contributed by atoms with Gasteiger partial charge in [0.2, 0.25) is 0 Å². The van der Waals surface area contributed by atoms with Gasteiger partial charge in [-0.25, -0.2) is 0 Å². The number of fused-ring (bicyclic) bond motifs is 1. The van der Waals surface area contributed by atoms with E-state index in [-0.39, 0.29) is 0 Å². The highest BCUT2D eigenvalue weighted by molar-refractivity contribution is 5.84. The molecule has 124 valence electrons. The van der Waals surface area contributed by atoms with Gasteiger partial charge in [-0.05, 0) is 66.0 Å². The Labute approximate surface area is 140 Å². The molecule has 23 heavy (non-hydrogen) atoms. The van der Waals surface area contributed by atoms with Crippen LogP contribution < -0.4 is 0 Å². The third-order valence-electron chi connectivity index (χ3n) is 6.03. The summed E-state index contributed by atoms with van der Waals surface area (Å²) in [6, 6.07) is 13.3. The summed E-state index contributed by atoms with van der Waals surface area (Å²) in [5.41, 5.74) is 1.78. The van der Waals surface area contributed by atoms with E-state index in [1.54, 1.807) is 0 Å². The standard InChI is InChI=1S/C22H30O/c1-4-16(2)17-10-11-19-15-21(13-12-18(19)14-17)22(3,23)20-8-6-5-7-9-20/h10-16,20,23H,4-9H2,1-3H3. The van der Waals surface area contributed by atoms with E-state index in [1.807, 2.05) is 6.92 Å². The lowest BCUT2D eigenvalue weighted by Gasteiger charge is -2.36. The second-order valence-electron chi connectivity index (χ2n) is 7.61. The molecule has 0 heterocycles. The van der Waals surface area contributed by atoms with Crippen LogP contribution in [0.25, 0.3) is 10.8 Å². The zero-order valence-corrected chi connectivity index (χ0v) is 14.8. The van der Waals surface area contributed by atoms with Gasteiger partial charge in [0.1, 0.15) is 0 Å². The van der Waals surface area contributed by atoms with Gasteiger partial charge in [0.05, 0.1) is 5.60 Å². The average molecular weight is 310 g/mol. The SMILES string of the molecule is CCC(C)c1ccc2cc(C(C)(O)C3CCCCC3)ccc2c1. The molecule has 0 amide bonds. The van der Waals surface area contributed by atoms with Gasteiger partial charge in [-0.15, -0.1) is 0 Å². The Morgan fingerprint density at radius 2 is 1.70 bits per heavy atom.